The third-order valence-electron chi connectivity index (χ3n) is 4.93. The number of amides is 2. The minimum absolute atomic E-state index is 0.188. The van der Waals surface area contributed by atoms with E-state index in [1.54, 1.807) is 24.3 Å². The van der Waals surface area contributed by atoms with Gasteiger partial charge in [0.05, 0.1) is 0 Å². The molecule has 0 aromatic heterocycles. The topological polar surface area (TPSA) is 58.2 Å². The third-order valence-corrected chi connectivity index (χ3v) is 4.93. The maximum Gasteiger partial charge on any atom is 0.251 e. The van der Waals surface area contributed by atoms with Crippen molar-refractivity contribution in [1.29, 1.82) is 0 Å². The first-order valence-electron chi connectivity index (χ1n) is 8.43. The monoisotopic (exact) mass is 358 g/mol. The Morgan fingerprint density at radius 2 is 1.92 bits per heavy atom. The summed E-state index contributed by atoms with van der Waals surface area (Å²) in [6, 6.07) is 10.2. The summed E-state index contributed by atoms with van der Waals surface area (Å²) < 4.78 is 27.4. The zero-order valence-electron chi connectivity index (χ0n) is 14.6. The Morgan fingerprint density at radius 1 is 1.19 bits per heavy atom. The molecule has 4 nitrogen and oxygen atoms in total. The van der Waals surface area contributed by atoms with Crippen LogP contribution in [0.15, 0.2) is 42.5 Å². The van der Waals surface area contributed by atoms with Crippen LogP contribution in [0.4, 0.5) is 14.5 Å². The molecule has 2 atom stereocenters. The van der Waals surface area contributed by atoms with Crippen molar-refractivity contribution in [2.75, 3.05) is 11.9 Å². The van der Waals surface area contributed by atoms with Gasteiger partial charge in [0.2, 0.25) is 5.91 Å². The van der Waals surface area contributed by atoms with Gasteiger partial charge in [-0.3, -0.25) is 9.59 Å². The maximum atomic E-state index is 14.2. The molecule has 26 heavy (non-hydrogen) atoms. The SMILES string of the molecule is CC(=O)Nc1cccc(C(=O)NCC2(c3ccc(F)cc3F)CC2C)c1. The van der Waals surface area contributed by atoms with Gasteiger partial charge in [-0.05, 0) is 42.2 Å². The fourth-order valence-electron chi connectivity index (χ4n) is 3.38. The van der Waals surface area contributed by atoms with Crippen molar-refractivity contribution in [3.8, 4) is 0 Å². The smallest absolute Gasteiger partial charge is 0.251 e. The molecular formula is C20H20F2N2O2. The molecule has 0 saturated heterocycles. The van der Waals surface area contributed by atoms with Gasteiger partial charge >= 0.3 is 0 Å². The highest BCUT2D eigenvalue weighted by molar-refractivity contribution is 5.96. The first-order chi connectivity index (χ1) is 12.3. The number of hydrogen-bond acceptors (Lipinski definition) is 2. The molecule has 2 N–H and O–H groups in total. The molecule has 3 rings (SSSR count). The zero-order valence-corrected chi connectivity index (χ0v) is 14.6. The summed E-state index contributed by atoms with van der Waals surface area (Å²) in [5.41, 5.74) is 0.852. The van der Waals surface area contributed by atoms with Crippen molar-refractivity contribution in [1.82, 2.24) is 5.32 Å². The van der Waals surface area contributed by atoms with Crippen LogP contribution in [0, 0.1) is 17.6 Å². The summed E-state index contributed by atoms with van der Waals surface area (Å²) in [6.07, 6.45) is 0.724. The molecule has 0 aliphatic heterocycles. The number of benzene rings is 2. The first kappa shape index (κ1) is 18.0. The van der Waals surface area contributed by atoms with Crippen molar-refractivity contribution >= 4 is 17.5 Å². The minimum Gasteiger partial charge on any atom is -0.351 e. The zero-order chi connectivity index (χ0) is 18.9. The van der Waals surface area contributed by atoms with E-state index in [1.165, 1.54) is 19.1 Å². The Balaban J connectivity index is 1.73. The molecule has 1 aliphatic rings. The van der Waals surface area contributed by atoms with Gasteiger partial charge in [0, 0.05) is 36.2 Å². The molecule has 2 aromatic rings. The number of carbonyl (C=O) groups is 2. The third kappa shape index (κ3) is 3.59. The number of nitrogens with one attached hydrogen (secondary N) is 2. The summed E-state index contributed by atoms with van der Waals surface area (Å²) in [7, 11) is 0. The minimum atomic E-state index is -0.617. The molecule has 2 aromatic carbocycles. The molecule has 136 valence electrons. The molecule has 0 radical (unpaired) electrons. The Kier molecular flexibility index (Phi) is 4.76. The second kappa shape index (κ2) is 6.86. The molecule has 6 heteroatoms. The molecule has 0 bridgehead atoms. The van der Waals surface area contributed by atoms with Crippen LogP contribution in [-0.4, -0.2) is 18.4 Å². The Bertz CT molecular complexity index is 869. The Labute approximate surface area is 150 Å². The molecule has 2 unspecified atom stereocenters. The molecule has 0 spiro atoms. The number of hydrogen-bond donors (Lipinski definition) is 2. The lowest BCUT2D eigenvalue weighted by atomic mass is 9.92. The summed E-state index contributed by atoms with van der Waals surface area (Å²) >= 11 is 0. The van der Waals surface area contributed by atoms with E-state index in [1.807, 2.05) is 6.92 Å². The lowest BCUT2D eigenvalue weighted by molar-refractivity contribution is -0.114. The van der Waals surface area contributed by atoms with E-state index in [0.29, 0.717) is 16.8 Å². The van der Waals surface area contributed by atoms with E-state index < -0.39 is 17.0 Å². The van der Waals surface area contributed by atoms with Crippen LogP contribution in [0.1, 0.15) is 36.2 Å². The highest BCUT2D eigenvalue weighted by Crippen LogP contribution is 2.54. The van der Waals surface area contributed by atoms with E-state index in [2.05, 4.69) is 10.6 Å². The van der Waals surface area contributed by atoms with E-state index in [9.17, 15) is 18.4 Å². The van der Waals surface area contributed by atoms with Crippen LogP contribution in [-0.2, 0) is 10.2 Å². The van der Waals surface area contributed by atoms with Crippen LogP contribution in [0.3, 0.4) is 0 Å². The van der Waals surface area contributed by atoms with Crippen molar-refractivity contribution in [2.24, 2.45) is 5.92 Å². The lowest BCUT2D eigenvalue weighted by Crippen LogP contribution is -2.33. The Hall–Kier alpha value is -2.76. The van der Waals surface area contributed by atoms with E-state index in [0.717, 1.165) is 12.5 Å². The Morgan fingerprint density at radius 3 is 2.54 bits per heavy atom. The average molecular weight is 358 g/mol. The number of halogens is 2. The van der Waals surface area contributed by atoms with Gasteiger partial charge in [0.25, 0.3) is 5.91 Å². The molecule has 2 amide bonds. The van der Waals surface area contributed by atoms with Gasteiger partial charge < -0.3 is 10.6 Å². The van der Waals surface area contributed by atoms with Crippen molar-refractivity contribution in [3.63, 3.8) is 0 Å². The molecule has 1 saturated carbocycles. The first-order valence-corrected chi connectivity index (χ1v) is 8.43. The van der Waals surface area contributed by atoms with Crippen LogP contribution in [0.25, 0.3) is 0 Å². The predicted octanol–water partition coefficient (Wildman–Crippen LogP) is 3.63. The van der Waals surface area contributed by atoms with E-state index in [4.69, 9.17) is 0 Å². The normalized spacial score (nSPS) is 21.2. The predicted molar refractivity (Wildman–Crippen MR) is 94.9 cm³/mol. The highest BCUT2D eigenvalue weighted by atomic mass is 19.1. The summed E-state index contributed by atoms with van der Waals surface area (Å²) in [5, 5.41) is 5.47. The second-order valence-electron chi connectivity index (χ2n) is 6.83. The van der Waals surface area contributed by atoms with Crippen molar-refractivity contribution < 1.29 is 18.4 Å². The van der Waals surface area contributed by atoms with Gasteiger partial charge in [-0.1, -0.05) is 19.1 Å². The van der Waals surface area contributed by atoms with Crippen LogP contribution in [0.2, 0.25) is 0 Å². The second-order valence-corrected chi connectivity index (χ2v) is 6.83. The van der Waals surface area contributed by atoms with E-state index in [-0.39, 0.29) is 24.3 Å². The largest absolute Gasteiger partial charge is 0.351 e. The maximum absolute atomic E-state index is 14.2. The summed E-state index contributed by atoms with van der Waals surface area (Å²) in [5.74, 6) is -1.54. The number of anilines is 1. The fraction of sp³-hybridized carbons (Fsp3) is 0.300. The molecular weight excluding hydrogens is 338 g/mol. The number of carbonyl (C=O) groups excluding carboxylic acids is 2. The summed E-state index contributed by atoms with van der Waals surface area (Å²) in [4.78, 5) is 23.6. The average Bonchev–Trinajstić information content (AvgIpc) is 3.23. The van der Waals surface area contributed by atoms with Gasteiger partial charge in [-0.15, -0.1) is 0 Å². The van der Waals surface area contributed by atoms with Gasteiger partial charge in [-0.2, -0.15) is 0 Å². The highest BCUT2D eigenvalue weighted by Gasteiger charge is 2.53. The van der Waals surface area contributed by atoms with Gasteiger partial charge in [-0.25, -0.2) is 8.78 Å². The van der Waals surface area contributed by atoms with Crippen LogP contribution in [0.5, 0.6) is 0 Å². The van der Waals surface area contributed by atoms with Crippen molar-refractivity contribution in [2.45, 2.75) is 25.7 Å². The molecule has 1 aliphatic carbocycles. The van der Waals surface area contributed by atoms with Crippen LogP contribution >= 0.6 is 0 Å². The molecule has 1 fully saturated rings. The van der Waals surface area contributed by atoms with E-state index >= 15 is 0 Å². The fourth-order valence-corrected chi connectivity index (χ4v) is 3.38. The van der Waals surface area contributed by atoms with Gasteiger partial charge in [0.1, 0.15) is 11.6 Å². The lowest BCUT2D eigenvalue weighted by Gasteiger charge is -2.19. The van der Waals surface area contributed by atoms with Crippen molar-refractivity contribution in [3.05, 3.63) is 65.2 Å². The quantitative estimate of drug-likeness (QED) is 0.857. The number of rotatable bonds is 5. The standard InChI is InChI=1S/C20H20F2N2O2/c1-12-10-20(12,17-7-6-15(21)9-18(17)22)11-23-19(26)14-4-3-5-16(8-14)24-13(2)25/h3-9,12H,10-11H2,1-2H3,(H,23,26)(H,24,25). The molecule has 0 heterocycles. The van der Waals surface area contributed by atoms with Gasteiger partial charge in [0.15, 0.2) is 0 Å². The summed E-state index contributed by atoms with van der Waals surface area (Å²) in [6.45, 7) is 3.63. The van der Waals surface area contributed by atoms with Crippen LogP contribution < -0.4 is 10.6 Å².